The monoisotopic (exact) mass is 277 g/mol. The van der Waals surface area contributed by atoms with E-state index in [1.807, 2.05) is 45.9 Å². The molecule has 4 heteroatoms. The quantitative estimate of drug-likeness (QED) is 0.839. The molecule has 0 spiro atoms. The number of carboxylic acid groups (broad SMARTS) is 1. The number of carbonyl (C=O) groups excluding carboxylic acids is 1. The van der Waals surface area contributed by atoms with Crippen molar-refractivity contribution in [3.63, 3.8) is 0 Å². The van der Waals surface area contributed by atoms with Crippen LogP contribution in [-0.2, 0) is 16.0 Å². The van der Waals surface area contributed by atoms with E-state index < -0.39 is 12.0 Å². The van der Waals surface area contributed by atoms with Gasteiger partial charge in [-0.25, -0.2) is 4.79 Å². The van der Waals surface area contributed by atoms with Crippen LogP contribution in [0.15, 0.2) is 18.2 Å². The van der Waals surface area contributed by atoms with Crippen molar-refractivity contribution < 1.29 is 14.7 Å². The van der Waals surface area contributed by atoms with Gasteiger partial charge in [-0.3, -0.25) is 4.79 Å². The van der Waals surface area contributed by atoms with E-state index in [2.05, 4.69) is 5.32 Å². The maximum atomic E-state index is 11.7. The number of nitrogens with one attached hydrogen (secondary N) is 1. The fourth-order valence-corrected chi connectivity index (χ4v) is 1.99. The molecule has 0 saturated carbocycles. The predicted octanol–water partition coefficient (Wildman–Crippen LogP) is 2.46. The van der Waals surface area contributed by atoms with E-state index in [0.29, 0.717) is 12.8 Å². The van der Waals surface area contributed by atoms with Crippen molar-refractivity contribution in [1.82, 2.24) is 5.32 Å². The molecule has 1 aromatic carbocycles. The van der Waals surface area contributed by atoms with Gasteiger partial charge in [0.05, 0.1) is 0 Å². The lowest BCUT2D eigenvalue weighted by molar-refractivity contribution is -0.141. The Morgan fingerprint density at radius 1 is 1.20 bits per heavy atom. The maximum Gasteiger partial charge on any atom is 0.326 e. The summed E-state index contributed by atoms with van der Waals surface area (Å²) in [5, 5.41) is 11.8. The lowest BCUT2D eigenvalue weighted by Gasteiger charge is -2.16. The average molecular weight is 277 g/mol. The molecule has 20 heavy (non-hydrogen) atoms. The molecule has 0 bridgehead atoms. The molecule has 1 rings (SSSR count). The van der Waals surface area contributed by atoms with Gasteiger partial charge in [-0.2, -0.15) is 0 Å². The van der Waals surface area contributed by atoms with Crippen LogP contribution in [-0.4, -0.2) is 23.0 Å². The topological polar surface area (TPSA) is 66.4 Å². The Morgan fingerprint density at radius 3 is 2.35 bits per heavy atom. The maximum absolute atomic E-state index is 11.7. The van der Waals surface area contributed by atoms with Gasteiger partial charge in [0.2, 0.25) is 5.91 Å². The van der Waals surface area contributed by atoms with Gasteiger partial charge in [-0.05, 0) is 36.5 Å². The first-order valence-corrected chi connectivity index (χ1v) is 6.88. The van der Waals surface area contributed by atoms with E-state index in [4.69, 9.17) is 0 Å². The van der Waals surface area contributed by atoms with Gasteiger partial charge in [-0.15, -0.1) is 0 Å². The molecule has 2 N–H and O–H groups in total. The van der Waals surface area contributed by atoms with Crippen LogP contribution in [0.5, 0.6) is 0 Å². The van der Waals surface area contributed by atoms with Gasteiger partial charge in [0.15, 0.2) is 0 Å². The zero-order valence-corrected chi connectivity index (χ0v) is 12.6. The second-order valence-corrected chi connectivity index (χ2v) is 5.68. The molecule has 0 fully saturated rings. The third-order valence-corrected chi connectivity index (χ3v) is 3.24. The van der Waals surface area contributed by atoms with Crippen LogP contribution in [0.1, 0.15) is 37.0 Å². The highest BCUT2D eigenvalue weighted by Crippen LogP contribution is 2.12. The number of hydrogen-bond acceptors (Lipinski definition) is 2. The minimum atomic E-state index is -1.000. The van der Waals surface area contributed by atoms with Crippen LogP contribution in [0.3, 0.4) is 0 Å². The van der Waals surface area contributed by atoms with Gasteiger partial charge in [-0.1, -0.05) is 32.0 Å². The summed E-state index contributed by atoms with van der Waals surface area (Å²) >= 11 is 0. The van der Waals surface area contributed by atoms with Gasteiger partial charge < -0.3 is 10.4 Å². The first kappa shape index (κ1) is 16.2. The zero-order chi connectivity index (χ0) is 15.3. The molecular weight excluding hydrogens is 254 g/mol. The lowest BCUT2D eigenvalue weighted by atomic mass is 10.0. The molecule has 0 aliphatic carbocycles. The van der Waals surface area contributed by atoms with Crippen molar-refractivity contribution >= 4 is 11.9 Å². The summed E-state index contributed by atoms with van der Waals surface area (Å²) in [6, 6.07) is 4.98. The number of aliphatic carboxylic acids is 1. The number of benzene rings is 1. The minimum absolute atomic E-state index is 0.212. The smallest absolute Gasteiger partial charge is 0.326 e. The van der Waals surface area contributed by atoms with Crippen LogP contribution >= 0.6 is 0 Å². The Morgan fingerprint density at radius 2 is 1.85 bits per heavy atom. The number of carbonyl (C=O) groups is 2. The summed E-state index contributed by atoms with van der Waals surface area (Å²) in [4.78, 5) is 23.0. The molecule has 0 aromatic heterocycles. The van der Waals surface area contributed by atoms with Crippen molar-refractivity contribution in [2.45, 2.75) is 46.6 Å². The third-order valence-electron chi connectivity index (χ3n) is 3.24. The van der Waals surface area contributed by atoms with Crippen molar-refractivity contribution in [2.75, 3.05) is 0 Å². The van der Waals surface area contributed by atoms with Gasteiger partial charge in [0, 0.05) is 12.8 Å². The van der Waals surface area contributed by atoms with Gasteiger partial charge >= 0.3 is 5.97 Å². The van der Waals surface area contributed by atoms with E-state index in [1.54, 1.807) is 0 Å². The SMILES string of the molecule is Cc1ccc(C[C@@H](NC(=O)CC(C)C)C(=O)O)cc1C. The molecule has 110 valence electrons. The highest BCUT2D eigenvalue weighted by atomic mass is 16.4. The van der Waals surface area contributed by atoms with Crippen molar-refractivity contribution in [1.29, 1.82) is 0 Å². The van der Waals surface area contributed by atoms with Gasteiger partial charge in [0.25, 0.3) is 0 Å². The standard InChI is InChI=1S/C16H23NO3/c1-10(2)7-15(18)17-14(16(19)20)9-13-6-5-11(3)12(4)8-13/h5-6,8,10,14H,7,9H2,1-4H3,(H,17,18)(H,19,20)/t14-/m1/s1. The largest absolute Gasteiger partial charge is 0.480 e. The summed E-state index contributed by atoms with van der Waals surface area (Å²) < 4.78 is 0. The minimum Gasteiger partial charge on any atom is -0.480 e. The van der Waals surface area contributed by atoms with Crippen molar-refractivity contribution in [2.24, 2.45) is 5.92 Å². The first-order valence-electron chi connectivity index (χ1n) is 6.88. The van der Waals surface area contributed by atoms with Crippen LogP contribution in [0.4, 0.5) is 0 Å². The number of amides is 1. The van der Waals surface area contributed by atoms with Crippen LogP contribution < -0.4 is 5.32 Å². The Bertz CT molecular complexity index is 494. The number of rotatable bonds is 6. The van der Waals surface area contributed by atoms with E-state index in [-0.39, 0.29) is 11.8 Å². The zero-order valence-electron chi connectivity index (χ0n) is 12.6. The normalized spacial score (nSPS) is 12.2. The number of hydrogen-bond donors (Lipinski definition) is 2. The van der Waals surface area contributed by atoms with Crippen LogP contribution in [0, 0.1) is 19.8 Å². The number of carboxylic acids is 1. The van der Waals surface area contributed by atoms with E-state index in [1.165, 1.54) is 5.56 Å². The molecular formula is C16H23NO3. The number of aryl methyl sites for hydroxylation is 2. The molecule has 0 unspecified atom stereocenters. The summed E-state index contributed by atoms with van der Waals surface area (Å²) in [7, 11) is 0. The Labute approximate surface area is 120 Å². The molecule has 4 nitrogen and oxygen atoms in total. The molecule has 0 aliphatic rings. The second kappa shape index (κ2) is 7.08. The van der Waals surface area contributed by atoms with Crippen molar-refractivity contribution in [3.05, 3.63) is 34.9 Å². The molecule has 0 heterocycles. The Balaban J connectivity index is 2.74. The highest BCUT2D eigenvalue weighted by Gasteiger charge is 2.20. The lowest BCUT2D eigenvalue weighted by Crippen LogP contribution is -2.42. The molecule has 0 saturated heterocycles. The Hall–Kier alpha value is -1.84. The fourth-order valence-electron chi connectivity index (χ4n) is 1.99. The Kier molecular flexibility index (Phi) is 5.74. The summed E-state index contributed by atoms with van der Waals surface area (Å²) in [5.41, 5.74) is 3.22. The average Bonchev–Trinajstić information content (AvgIpc) is 2.31. The van der Waals surface area contributed by atoms with Crippen molar-refractivity contribution in [3.8, 4) is 0 Å². The van der Waals surface area contributed by atoms with Crippen LogP contribution in [0.2, 0.25) is 0 Å². The predicted molar refractivity (Wildman–Crippen MR) is 78.6 cm³/mol. The second-order valence-electron chi connectivity index (χ2n) is 5.68. The summed E-state index contributed by atoms with van der Waals surface area (Å²) in [6.07, 6.45) is 0.650. The first-order chi connectivity index (χ1) is 9.29. The molecule has 1 atom stereocenters. The van der Waals surface area contributed by atoms with E-state index in [0.717, 1.165) is 11.1 Å². The van der Waals surface area contributed by atoms with E-state index >= 15 is 0 Å². The van der Waals surface area contributed by atoms with E-state index in [9.17, 15) is 14.7 Å². The summed E-state index contributed by atoms with van der Waals surface area (Å²) in [6.45, 7) is 7.86. The summed E-state index contributed by atoms with van der Waals surface area (Å²) in [5.74, 6) is -0.998. The van der Waals surface area contributed by atoms with Gasteiger partial charge in [0.1, 0.15) is 6.04 Å². The highest BCUT2D eigenvalue weighted by molar-refractivity contribution is 5.83. The van der Waals surface area contributed by atoms with Crippen LogP contribution in [0.25, 0.3) is 0 Å². The fraction of sp³-hybridized carbons (Fsp3) is 0.500. The molecule has 1 amide bonds. The molecule has 1 aromatic rings. The molecule has 0 radical (unpaired) electrons. The third kappa shape index (κ3) is 5.03. The molecule has 0 aliphatic heterocycles.